The molecule has 8 heteroatoms. The number of likely N-dealkylation sites (N-methyl/N-ethyl adjacent to an activating group) is 1. The van der Waals surface area contributed by atoms with Crippen LogP contribution >= 0.6 is 0 Å². The Kier molecular flexibility index (Phi) is 13.6. The van der Waals surface area contributed by atoms with Crippen molar-refractivity contribution in [1.82, 2.24) is 10.2 Å². The van der Waals surface area contributed by atoms with Crippen molar-refractivity contribution in [2.24, 2.45) is 0 Å². The number of rotatable bonds is 17. The minimum Gasteiger partial charge on any atom is -0.481 e. The van der Waals surface area contributed by atoms with E-state index >= 15 is 0 Å². The molecule has 282 valence electrons. The summed E-state index contributed by atoms with van der Waals surface area (Å²) < 4.78 is 13.3. The molecule has 1 amide bonds. The number of amides is 1. The predicted molar refractivity (Wildman–Crippen MR) is 212 cm³/mol. The molecule has 0 saturated carbocycles. The van der Waals surface area contributed by atoms with Crippen LogP contribution in [0.1, 0.15) is 98.1 Å². The third kappa shape index (κ3) is 10.6. The van der Waals surface area contributed by atoms with Gasteiger partial charge in [0.1, 0.15) is 0 Å². The first kappa shape index (κ1) is 38.9. The normalized spacial score (nSPS) is 17.7. The highest BCUT2D eigenvalue weighted by molar-refractivity contribution is 5.83. The van der Waals surface area contributed by atoms with Gasteiger partial charge in [0.25, 0.3) is 0 Å². The molecule has 5 aromatic rings. The molecule has 1 heterocycles. The molecule has 1 aliphatic rings. The van der Waals surface area contributed by atoms with Gasteiger partial charge in [-0.1, -0.05) is 116 Å². The number of carboxylic acid groups (broad SMARTS) is 1. The van der Waals surface area contributed by atoms with Crippen LogP contribution in [0.5, 0.6) is 0 Å². The monoisotopic (exact) mass is 728 g/mol. The van der Waals surface area contributed by atoms with E-state index in [1.165, 1.54) is 16.3 Å². The number of unbranched alkanes of at least 4 members (excludes halogenated alkanes) is 3. The second-order valence-corrected chi connectivity index (χ2v) is 14.5. The Balaban J connectivity index is 1.10. The molecule has 6 rings (SSSR count). The fourth-order valence-electron chi connectivity index (χ4n) is 7.13. The van der Waals surface area contributed by atoms with Crippen LogP contribution in [-0.4, -0.2) is 46.7 Å². The summed E-state index contributed by atoms with van der Waals surface area (Å²) in [7, 11) is 2.15. The van der Waals surface area contributed by atoms with Crippen molar-refractivity contribution in [3.8, 4) is 11.1 Å². The van der Waals surface area contributed by atoms with Crippen molar-refractivity contribution in [2.45, 2.75) is 89.6 Å². The topological polar surface area (TPSA) is 108 Å². The zero-order valence-electron chi connectivity index (χ0n) is 31.3. The maximum Gasteiger partial charge on any atom is 0.303 e. The molecule has 1 fully saturated rings. The molecule has 0 spiro atoms. The van der Waals surface area contributed by atoms with Crippen LogP contribution in [0.2, 0.25) is 0 Å². The quantitative estimate of drug-likeness (QED) is 0.0820. The van der Waals surface area contributed by atoms with Crippen molar-refractivity contribution in [3.05, 3.63) is 143 Å². The second-order valence-electron chi connectivity index (χ2n) is 14.5. The smallest absolute Gasteiger partial charge is 0.303 e. The highest BCUT2D eigenvalue weighted by Gasteiger charge is 2.33. The Morgan fingerprint density at radius 1 is 0.759 bits per heavy atom. The summed E-state index contributed by atoms with van der Waals surface area (Å²) in [5.41, 5.74) is 7.27. The molecular formula is C46H52N2O6. The summed E-state index contributed by atoms with van der Waals surface area (Å²) in [5, 5.41) is 23.9. The molecule has 3 N–H and O–H groups in total. The van der Waals surface area contributed by atoms with Gasteiger partial charge in [-0.05, 0) is 83.1 Å². The Hall–Kier alpha value is -4.86. The van der Waals surface area contributed by atoms with Crippen molar-refractivity contribution in [3.63, 3.8) is 0 Å². The Morgan fingerprint density at radius 3 is 2.22 bits per heavy atom. The predicted octanol–water partition coefficient (Wildman–Crippen LogP) is 9.28. The summed E-state index contributed by atoms with van der Waals surface area (Å²) >= 11 is 0. The van der Waals surface area contributed by atoms with Crippen molar-refractivity contribution in [1.29, 1.82) is 0 Å². The third-order valence-electron chi connectivity index (χ3n) is 10.5. The van der Waals surface area contributed by atoms with E-state index in [0.717, 1.165) is 59.2 Å². The number of carbonyl (C=O) groups is 2. The fraction of sp³-hybridized carbons (Fsp3) is 0.348. The number of aliphatic hydroxyl groups is 1. The molecule has 8 nitrogen and oxygen atoms in total. The summed E-state index contributed by atoms with van der Waals surface area (Å²) in [6.07, 6.45) is 3.60. The standard InChI is InChI=1S/C46H52N2O6/c1-32(39-25-22-35-11-7-8-12-41(35)27-39)48(2)30-42-28-43(37-18-16-33(31-49)17-19-37)54-46(53-42)38-23-20-36(21-24-38)40-13-9-10-34(26-40)29-47-44(50)14-5-3-4-6-15-45(51)52/h7-13,16-27,32,42-43,46,49H,3-6,14-15,28-31H2,1-2H3,(H,47,50)(H,51,52)/t32-,42-,43+,46+/m1/s1. The Bertz CT molecular complexity index is 1980. The Morgan fingerprint density at radius 2 is 1.48 bits per heavy atom. The lowest BCUT2D eigenvalue weighted by Gasteiger charge is -2.39. The average Bonchev–Trinajstić information content (AvgIpc) is 3.20. The molecule has 5 aromatic carbocycles. The molecule has 0 bridgehead atoms. The summed E-state index contributed by atoms with van der Waals surface area (Å²) in [6.45, 7) is 3.42. The van der Waals surface area contributed by atoms with Crippen LogP contribution < -0.4 is 5.32 Å². The molecule has 1 saturated heterocycles. The maximum atomic E-state index is 12.4. The number of nitrogens with zero attached hydrogens (tertiary/aromatic N) is 1. The third-order valence-corrected chi connectivity index (χ3v) is 10.5. The van der Waals surface area contributed by atoms with Crippen LogP contribution in [0, 0.1) is 0 Å². The zero-order valence-corrected chi connectivity index (χ0v) is 31.3. The molecule has 54 heavy (non-hydrogen) atoms. The number of aliphatic carboxylic acids is 1. The van der Waals surface area contributed by atoms with Crippen LogP contribution in [0.15, 0.2) is 115 Å². The van der Waals surface area contributed by atoms with Gasteiger partial charge in [-0.2, -0.15) is 0 Å². The maximum absolute atomic E-state index is 12.4. The first-order valence-corrected chi connectivity index (χ1v) is 19.1. The number of hydrogen-bond donors (Lipinski definition) is 3. The van der Waals surface area contributed by atoms with Crippen molar-refractivity contribution < 1.29 is 29.3 Å². The van der Waals surface area contributed by atoms with Crippen LogP contribution in [0.25, 0.3) is 21.9 Å². The molecule has 1 aliphatic heterocycles. The van der Waals surface area contributed by atoms with E-state index in [2.05, 4.69) is 103 Å². The first-order chi connectivity index (χ1) is 26.2. The van der Waals surface area contributed by atoms with Crippen molar-refractivity contribution >= 4 is 22.6 Å². The zero-order chi connectivity index (χ0) is 37.9. The average molecular weight is 729 g/mol. The number of carbonyl (C=O) groups excluding carboxylic acids is 1. The summed E-state index contributed by atoms with van der Waals surface area (Å²) in [5.74, 6) is -0.768. The number of aliphatic hydroxyl groups excluding tert-OH is 1. The first-order valence-electron chi connectivity index (χ1n) is 19.1. The van der Waals surface area contributed by atoms with E-state index in [4.69, 9.17) is 14.6 Å². The number of nitrogens with one attached hydrogen (secondary N) is 1. The van der Waals surface area contributed by atoms with E-state index in [1.54, 1.807) is 0 Å². The van der Waals surface area contributed by atoms with E-state index in [0.29, 0.717) is 25.8 Å². The van der Waals surface area contributed by atoms with Gasteiger partial charge in [-0.25, -0.2) is 0 Å². The Labute approximate surface area is 318 Å². The highest BCUT2D eigenvalue weighted by atomic mass is 16.7. The minimum atomic E-state index is -0.773. The lowest BCUT2D eigenvalue weighted by molar-refractivity contribution is -0.253. The van der Waals surface area contributed by atoms with Gasteiger partial charge < -0.3 is 25.0 Å². The number of hydrogen-bond acceptors (Lipinski definition) is 6. The second kappa shape index (κ2) is 18.9. The SMILES string of the molecule is C[C@H](c1ccc2ccccc2c1)N(C)C[C@H]1C[C@@H](c2ccc(CO)cc2)O[C@@H](c2ccc(-c3cccc(CNC(=O)CCCCCCC(=O)O)c3)cc2)O1. The lowest BCUT2D eigenvalue weighted by Crippen LogP contribution is -2.38. The van der Waals surface area contributed by atoms with E-state index < -0.39 is 12.3 Å². The van der Waals surface area contributed by atoms with Gasteiger partial charge in [0.15, 0.2) is 6.29 Å². The van der Waals surface area contributed by atoms with Gasteiger partial charge in [0.2, 0.25) is 5.91 Å². The summed E-state index contributed by atoms with van der Waals surface area (Å²) in [6, 6.07) is 39.8. The van der Waals surface area contributed by atoms with E-state index in [1.807, 2.05) is 36.4 Å². The van der Waals surface area contributed by atoms with Gasteiger partial charge in [0, 0.05) is 44.0 Å². The van der Waals surface area contributed by atoms with E-state index in [-0.39, 0.29) is 37.2 Å². The largest absolute Gasteiger partial charge is 0.481 e. The minimum absolute atomic E-state index is 0.000330. The van der Waals surface area contributed by atoms with Crippen LogP contribution in [0.3, 0.4) is 0 Å². The number of ether oxygens (including phenoxy) is 2. The van der Waals surface area contributed by atoms with Crippen LogP contribution in [-0.2, 0) is 32.2 Å². The number of benzene rings is 5. The lowest BCUT2D eigenvalue weighted by atomic mass is 9.98. The van der Waals surface area contributed by atoms with Gasteiger partial charge in [-0.3, -0.25) is 14.5 Å². The molecule has 4 atom stereocenters. The van der Waals surface area contributed by atoms with E-state index in [9.17, 15) is 14.7 Å². The number of carboxylic acids is 1. The summed E-state index contributed by atoms with van der Waals surface area (Å²) in [4.78, 5) is 25.4. The van der Waals surface area contributed by atoms with Gasteiger partial charge >= 0.3 is 5.97 Å². The molecule has 0 unspecified atom stereocenters. The van der Waals surface area contributed by atoms with Gasteiger partial charge in [0.05, 0.1) is 18.8 Å². The fourth-order valence-corrected chi connectivity index (χ4v) is 7.13. The molecular weight excluding hydrogens is 677 g/mol. The van der Waals surface area contributed by atoms with Crippen molar-refractivity contribution in [2.75, 3.05) is 13.6 Å². The van der Waals surface area contributed by atoms with Gasteiger partial charge in [-0.15, -0.1) is 0 Å². The molecule has 0 aliphatic carbocycles. The van der Waals surface area contributed by atoms with Crippen LogP contribution in [0.4, 0.5) is 0 Å². The highest BCUT2D eigenvalue weighted by Crippen LogP contribution is 2.39. The molecule has 0 radical (unpaired) electrons. The number of fused-ring (bicyclic) bond motifs is 1. The molecule has 0 aromatic heterocycles.